The maximum Gasteiger partial charge on any atom is 0.326 e. The minimum Gasteiger partial charge on any atom is -0.353 e. The van der Waals surface area contributed by atoms with Crippen molar-refractivity contribution in [2.45, 2.75) is 44.2 Å². The Bertz CT molecular complexity index is 1320. The van der Waals surface area contributed by atoms with Crippen LogP contribution in [0.3, 0.4) is 0 Å². The Hall–Kier alpha value is -2.84. The summed E-state index contributed by atoms with van der Waals surface area (Å²) in [5.41, 5.74) is 2.79. The molecule has 0 spiro atoms. The van der Waals surface area contributed by atoms with Gasteiger partial charge >= 0.3 is 5.69 Å². The number of hydrogen-bond donors (Lipinski definition) is 2. The van der Waals surface area contributed by atoms with Gasteiger partial charge in [-0.05, 0) is 56.0 Å². The van der Waals surface area contributed by atoms with E-state index < -0.39 is 0 Å². The van der Waals surface area contributed by atoms with Gasteiger partial charge in [-0.2, -0.15) is 0 Å². The van der Waals surface area contributed by atoms with Crippen LogP contribution in [0.4, 0.5) is 5.69 Å². The minimum absolute atomic E-state index is 0.0376. The number of Topliss-reactive ketones (excluding diaryl/α,β-unsaturated/α-hetero) is 1. The average Bonchev–Trinajstić information content (AvgIpc) is 3.13. The first-order valence-electron chi connectivity index (χ1n) is 11.0. The molecule has 0 atom stereocenters. The maximum atomic E-state index is 12.5. The van der Waals surface area contributed by atoms with Gasteiger partial charge < -0.3 is 10.3 Å². The van der Waals surface area contributed by atoms with Gasteiger partial charge in [0.2, 0.25) is 5.91 Å². The second-order valence-corrected chi connectivity index (χ2v) is 9.93. The van der Waals surface area contributed by atoms with Gasteiger partial charge in [-0.15, -0.1) is 11.8 Å². The highest BCUT2D eigenvalue weighted by Gasteiger charge is 2.26. The number of H-pyrrole nitrogens is 1. The predicted octanol–water partition coefficient (Wildman–Crippen LogP) is 4.63. The van der Waals surface area contributed by atoms with Crippen molar-refractivity contribution in [2.75, 3.05) is 5.75 Å². The highest BCUT2D eigenvalue weighted by Crippen LogP contribution is 2.31. The zero-order valence-corrected chi connectivity index (χ0v) is 19.4. The molecule has 1 amide bonds. The third-order valence-electron chi connectivity index (χ3n) is 6.24. The predicted molar refractivity (Wildman–Crippen MR) is 132 cm³/mol. The van der Waals surface area contributed by atoms with Crippen molar-refractivity contribution >= 4 is 56.8 Å². The van der Waals surface area contributed by atoms with Crippen LogP contribution >= 0.6 is 23.4 Å². The van der Waals surface area contributed by atoms with Crippen molar-refractivity contribution in [1.82, 2.24) is 14.9 Å². The van der Waals surface area contributed by atoms with Crippen LogP contribution in [0.25, 0.3) is 11.0 Å². The lowest BCUT2D eigenvalue weighted by atomic mass is 9.91. The fourth-order valence-electron chi connectivity index (χ4n) is 4.65. The molecule has 0 unspecified atom stereocenters. The van der Waals surface area contributed by atoms with E-state index in [1.54, 1.807) is 16.7 Å². The third kappa shape index (κ3) is 4.63. The Balaban J connectivity index is 1.15. The molecule has 0 bridgehead atoms. The standard InChI is InChI=1S/C24H23ClN4O3S/c25-14-5-10-19-20(11-14)29(24(32)28-19)16-8-6-15(7-9-16)26-22(31)13-33-23-12-21(30)17-3-1-2-4-18(17)27-23/h1-5,10-11,15-16H,6-9,12-13H2,(H,26,31)(H,28,32). The van der Waals surface area contributed by atoms with Gasteiger partial charge in [-0.1, -0.05) is 23.7 Å². The summed E-state index contributed by atoms with van der Waals surface area (Å²) in [5, 5.41) is 4.37. The zero-order valence-electron chi connectivity index (χ0n) is 17.8. The van der Waals surface area contributed by atoms with E-state index in [-0.39, 0.29) is 41.6 Å². The second kappa shape index (κ2) is 9.19. The number of aliphatic imine (C=N–C) groups is 1. The summed E-state index contributed by atoms with van der Waals surface area (Å²) in [5.74, 6) is 0.207. The monoisotopic (exact) mass is 482 g/mol. The van der Waals surface area contributed by atoms with Gasteiger partial charge in [-0.3, -0.25) is 14.2 Å². The topological polar surface area (TPSA) is 96.3 Å². The molecule has 5 rings (SSSR count). The number of nitrogens with zero attached hydrogens (tertiary/aromatic N) is 2. The largest absolute Gasteiger partial charge is 0.353 e. The van der Waals surface area contributed by atoms with Crippen LogP contribution in [0.1, 0.15) is 48.5 Å². The molecule has 7 nitrogen and oxygen atoms in total. The number of imidazole rings is 1. The molecule has 2 aliphatic rings. The van der Waals surface area contributed by atoms with Gasteiger partial charge in [0.1, 0.15) is 0 Å². The fourth-order valence-corrected chi connectivity index (χ4v) is 5.59. The first-order valence-corrected chi connectivity index (χ1v) is 12.4. The lowest BCUT2D eigenvalue weighted by Crippen LogP contribution is -2.39. The molecule has 2 N–H and O–H groups in total. The van der Waals surface area contributed by atoms with E-state index in [2.05, 4.69) is 15.3 Å². The molecule has 2 aromatic carbocycles. The number of benzene rings is 2. The fraction of sp³-hybridized carbons (Fsp3) is 0.333. The third-order valence-corrected chi connectivity index (χ3v) is 7.45. The first-order chi connectivity index (χ1) is 16.0. The van der Waals surface area contributed by atoms with Crippen molar-refractivity contribution in [3.63, 3.8) is 0 Å². The number of rotatable bonds is 4. The number of aromatic nitrogens is 2. The SMILES string of the molecule is O=C(CSC1=Nc2ccccc2C(=O)C1)NC1CCC(n2c(=O)[nH]c3ccc(Cl)cc32)CC1. The highest BCUT2D eigenvalue weighted by molar-refractivity contribution is 8.14. The van der Waals surface area contributed by atoms with Crippen LogP contribution in [0.2, 0.25) is 5.02 Å². The minimum atomic E-state index is -0.125. The molecule has 0 saturated heterocycles. The zero-order chi connectivity index (χ0) is 22.9. The number of halogens is 1. The lowest BCUT2D eigenvalue weighted by molar-refractivity contribution is -0.119. The van der Waals surface area contributed by atoms with E-state index in [0.29, 0.717) is 21.3 Å². The first kappa shape index (κ1) is 22.0. The summed E-state index contributed by atoms with van der Waals surface area (Å²) in [6.07, 6.45) is 3.44. The Labute approximate surface area is 199 Å². The summed E-state index contributed by atoms with van der Waals surface area (Å²) in [6.45, 7) is 0. The molecule has 1 aromatic heterocycles. The summed E-state index contributed by atoms with van der Waals surface area (Å²) in [7, 11) is 0. The van der Waals surface area contributed by atoms with E-state index in [0.717, 1.165) is 36.7 Å². The average molecular weight is 483 g/mol. The molecule has 0 radical (unpaired) electrons. The Morgan fingerprint density at radius 2 is 1.94 bits per heavy atom. The lowest BCUT2D eigenvalue weighted by Gasteiger charge is -2.30. The number of carbonyl (C=O) groups excluding carboxylic acids is 2. The number of hydrogen-bond acceptors (Lipinski definition) is 5. The summed E-state index contributed by atoms with van der Waals surface area (Å²) >= 11 is 7.45. The van der Waals surface area contributed by atoms with E-state index >= 15 is 0 Å². The van der Waals surface area contributed by atoms with Crippen LogP contribution in [-0.2, 0) is 4.79 Å². The van der Waals surface area contributed by atoms with E-state index in [9.17, 15) is 14.4 Å². The Morgan fingerprint density at radius 1 is 1.15 bits per heavy atom. The summed E-state index contributed by atoms with van der Waals surface area (Å²) in [4.78, 5) is 44.7. The van der Waals surface area contributed by atoms with Crippen molar-refractivity contribution < 1.29 is 9.59 Å². The number of ketones is 1. The van der Waals surface area contributed by atoms with Gasteiger partial charge in [0, 0.05) is 22.7 Å². The summed E-state index contributed by atoms with van der Waals surface area (Å²) in [6, 6.07) is 12.8. The molecule has 1 saturated carbocycles. The number of aromatic amines is 1. The van der Waals surface area contributed by atoms with Gasteiger partial charge in [0.05, 0.1) is 33.9 Å². The maximum absolute atomic E-state index is 12.5. The molecule has 2 heterocycles. The van der Waals surface area contributed by atoms with Crippen molar-refractivity contribution in [3.05, 3.63) is 63.5 Å². The smallest absolute Gasteiger partial charge is 0.326 e. The van der Waals surface area contributed by atoms with Crippen LogP contribution in [0.5, 0.6) is 0 Å². The number of fused-ring (bicyclic) bond motifs is 2. The Morgan fingerprint density at radius 3 is 2.76 bits per heavy atom. The highest BCUT2D eigenvalue weighted by atomic mass is 35.5. The number of nitrogens with one attached hydrogen (secondary N) is 2. The quantitative estimate of drug-likeness (QED) is 0.566. The molecule has 1 aliphatic carbocycles. The molecule has 170 valence electrons. The number of para-hydroxylation sites is 1. The van der Waals surface area contributed by atoms with E-state index in [1.807, 2.05) is 30.3 Å². The van der Waals surface area contributed by atoms with Crippen LogP contribution < -0.4 is 11.0 Å². The molecule has 3 aromatic rings. The number of carbonyl (C=O) groups is 2. The van der Waals surface area contributed by atoms with Gasteiger partial charge in [0.25, 0.3) is 0 Å². The molecule has 9 heteroatoms. The van der Waals surface area contributed by atoms with Crippen LogP contribution in [0.15, 0.2) is 52.3 Å². The molecular weight excluding hydrogens is 460 g/mol. The molecule has 33 heavy (non-hydrogen) atoms. The van der Waals surface area contributed by atoms with Crippen molar-refractivity contribution in [3.8, 4) is 0 Å². The van der Waals surface area contributed by atoms with Gasteiger partial charge in [0.15, 0.2) is 5.78 Å². The normalized spacial score (nSPS) is 20.4. The molecular formula is C24H23ClN4O3S. The second-order valence-electron chi connectivity index (χ2n) is 8.45. The Kier molecular flexibility index (Phi) is 6.12. The van der Waals surface area contributed by atoms with E-state index in [1.165, 1.54) is 11.8 Å². The van der Waals surface area contributed by atoms with Crippen LogP contribution in [-0.4, -0.2) is 38.1 Å². The van der Waals surface area contributed by atoms with E-state index in [4.69, 9.17) is 11.6 Å². The van der Waals surface area contributed by atoms with Crippen LogP contribution in [0, 0.1) is 0 Å². The number of amides is 1. The van der Waals surface area contributed by atoms with Gasteiger partial charge in [-0.25, -0.2) is 9.79 Å². The van der Waals surface area contributed by atoms with Crippen molar-refractivity contribution in [2.24, 2.45) is 4.99 Å². The molecule has 1 aliphatic heterocycles. The molecule has 1 fully saturated rings. The van der Waals surface area contributed by atoms with Crippen molar-refractivity contribution in [1.29, 1.82) is 0 Å². The number of thioether (sulfide) groups is 1. The summed E-state index contributed by atoms with van der Waals surface area (Å²) < 4.78 is 1.80.